The molecule has 1 amide bonds. The summed E-state index contributed by atoms with van der Waals surface area (Å²) in [4.78, 5) is 11.9. The van der Waals surface area contributed by atoms with Crippen molar-refractivity contribution in [3.8, 4) is 5.75 Å². The van der Waals surface area contributed by atoms with E-state index in [1.54, 1.807) is 24.3 Å². The van der Waals surface area contributed by atoms with Gasteiger partial charge in [-0.15, -0.1) is 0 Å². The third kappa shape index (κ3) is 3.47. The van der Waals surface area contributed by atoms with Gasteiger partial charge in [0.05, 0.1) is 19.2 Å². The number of methoxy groups -OCH3 is 1. The second kappa shape index (κ2) is 6.21. The maximum Gasteiger partial charge on any atom is 0.228 e. The lowest BCUT2D eigenvalue weighted by Crippen LogP contribution is -2.17. The monoisotopic (exact) mass is 292 g/mol. The van der Waals surface area contributed by atoms with Crippen LogP contribution in [0.2, 0.25) is 0 Å². The predicted molar refractivity (Wildman–Crippen MR) is 76.1 cm³/mol. The van der Waals surface area contributed by atoms with Gasteiger partial charge in [-0.1, -0.05) is 12.1 Å². The zero-order valence-electron chi connectivity index (χ0n) is 11.3. The number of halogens is 2. The average molecular weight is 292 g/mol. The number of nitrogens with one attached hydrogen (secondary N) is 1. The van der Waals surface area contributed by atoms with Gasteiger partial charge in [-0.05, 0) is 29.8 Å². The summed E-state index contributed by atoms with van der Waals surface area (Å²) >= 11 is 0. The number of amides is 1. The van der Waals surface area contributed by atoms with Gasteiger partial charge >= 0.3 is 0 Å². The largest absolute Gasteiger partial charge is 0.497 e. The maximum absolute atomic E-state index is 13.6. The third-order valence-electron chi connectivity index (χ3n) is 2.92. The van der Waals surface area contributed by atoms with Crippen LogP contribution in [0.5, 0.6) is 5.75 Å². The summed E-state index contributed by atoms with van der Waals surface area (Å²) in [6.45, 7) is 0. The molecule has 0 aliphatic carbocycles. The molecule has 0 unspecified atom stereocenters. The van der Waals surface area contributed by atoms with Gasteiger partial charge in [0.1, 0.15) is 11.4 Å². The summed E-state index contributed by atoms with van der Waals surface area (Å²) in [7, 11) is 1.54. The molecule has 0 aromatic heterocycles. The topological polar surface area (TPSA) is 64.3 Å². The van der Waals surface area contributed by atoms with Crippen molar-refractivity contribution in [1.29, 1.82) is 0 Å². The van der Waals surface area contributed by atoms with Gasteiger partial charge < -0.3 is 15.8 Å². The van der Waals surface area contributed by atoms with Crippen molar-refractivity contribution in [3.63, 3.8) is 0 Å². The van der Waals surface area contributed by atoms with E-state index in [0.29, 0.717) is 11.3 Å². The summed E-state index contributed by atoms with van der Waals surface area (Å²) in [6.07, 6.45) is 0.0133. The molecule has 0 saturated heterocycles. The fraction of sp³-hybridized carbons (Fsp3) is 0.133. The Balaban J connectivity index is 2.09. The number of anilines is 2. The summed E-state index contributed by atoms with van der Waals surface area (Å²) in [6, 6.07) is 8.94. The van der Waals surface area contributed by atoms with Crippen LogP contribution in [-0.4, -0.2) is 13.0 Å². The molecule has 4 nitrogen and oxygen atoms in total. The van der Waals surface area contributed by atoms with Crippen molar-refractivity contribution in [2.24, 2.45) is 0 Å². The van der Waals surface area contributed by atoms with Crippen LogP contribution >= 0.6 is 0 Å². The smallest absolute Gasteiger partial charge is 0.228 e. The molecular formula is C15H14F2N2O2. The van der Waals surface area contributed by atoms with E-state index in [-0.39, 0.29) is 17.8 Å². The lowest BCUT2D eigenvalue weighted by atomic mass is 10.1. The number of hydrogen-bond donors (Lipinski definition) is 2. The SMILES string of the molecule is COc1ccc(CC(=O)Nc2c(N)ccc(F)c2F)cc1. The molecule has 0 aliphatic rings. The lowest BCUT2D eigenvalue weighted by molar-refractivity contribution is -0.115. The van der Waals surface area contributed by atoms with E-state index in [0.717, 1.165) is 6.07 Å². The highest BCUT2D eigenvalue weighted by molar-refractivity contribution is 5.95. The number of nitrogen functional groups attached to an aromatic ring is 1. The van der Waals surface area contributed by atoms with E-state index in [1.807, 2.05) is 0 Å². The maximum atomic E-state index is 13.6. The van der Waals surface area contributed by atoms with Crippen molar-refractivity contribution in [2.75, 3.05) is 18.2 Å². The van der Waals surface area contributed by atoms with E-state index < -0.39 is 17.5 Å². The van der Waals surface area contributed by atoms with Gasteiger partial charge in [0.15, 0.2) is 11.6 Å². The van der Waals surface area contributed by atoms with Crippen molar-refractivity contribution >= 4 is 17.3 Å². The van der Waals surface area contributed by atoms with Crippen molar-refractivity contribution in [3.05, 3.63) is 53.6 Å². The zero-order valence-corrected chi connectivity index (χ0v) is 11.3. The molecule has 0 heterocycles. The highest BCUT2D eigenvalue weighted by Crippen LogP contribution is 2.24. The predicted octanol–water partition coefficient (Wildman–Crippen LogP) is 2.74. The first-order valence-electron chi connectivity index (χ1n) is 6.17. The number of rotatable bonds is 4. The Labute approximate surface area is 120 Å². The van der Waals surface area contributed by atoms with Crippen LogP contribution in [-0.2, 0) is 11.2 Å². The third-order valence-corrected chi connectivity index (χ3v) is 2.92. The summed E-state index contributed by atoms with van der Waals surface area (Å²) in [5, 5.41) is 2.29. The molecule has 0 spiro atoms. The molecule has 110 valence electrons. The number of nitrogens with two attached hydrogens (primary N) is 1. The number of carbonyl (C=O) groups excluding carboxylic acids is 1. The number of hydrogen-bond acceptors (Lipinski definition) is 3. The fourth-order valence-corrected chi connectivity index (χ4v) is 1.81. The van der Waals surface area contributed by atoms with E-state index in [9.17, 15) is 13.6 Å². The molecule has 2 aromatic rings. The Kier molecular flexibility index (Phi) is 4.37. The summed E-state index contributed by atoms with van der Waals surface area (Å²) < 4.78 is 31.7. The van der Waals surface area contributed by atoms with E-state index in [1.165, 1.54) is 13.2 Å². The summed E-state index contributed by atoms with van der Waals surface area (Å²) in [5.74, 6) is -2.06. The van der Waals surface area contributed by atoms with Crippen LogP contribution in [0.1, 0.15) is 5.56 Å². The molecule has 0 fully saturated rings. The molecule has 0 radical (unpaired) electrons. The van der Waals surface area contributed by atoms with Crippen molar-refractivity contribution < 1.29 is 18.3 Å². The molecule has 3 N–H and O–H groups in total. The standard InChI is InChI=1S/C15H14F2N2O2/c1-21-10-4-2-9(3-5-10)8-13(20)19-15-12(18)7-6-11(16)14(15)17/h2-7H,8,18H2,1H3,(H,19,20). The zero-order chi connectivity index (χ0) is 15.4. The van der Waals surface area contributed by atoms with E-state index >= 15 is 0 Å². The first-order valence-corrected chi connectivity index (χ1v) is 6.17. The first-order chi connectivity index (χ1) is 10.0. The minimum atomic E-state index is -1.17. The normalized spacial score (nSPS) is 10.2. The van der Waals surface area contributed by atoms with Gasteiger partial charge in [0.25, 0.3) is 0 Å². The second-order valence-corrected chi connectivity index (χ2v) is 4.40. The molecule has 0 atom stereocenters. The highest BCUT2D eigenvalue weighted by atomic mass is 19.2. The Morgan fingerprint density at radius 3 is 2.48 bits per heavy atom. The van der Waals surface area contributed by atoms with Gasteiger partial charge in [-0.25, -0.2) is 8.78 Å². The van der Waals surface area contributed by atoms with E-state index in [2.05, 4.69) is 5.32 Å². The molecule has 21 heavy (non-hydrogen) atoms. The van der Waals surface area contributed by atoms with Crippen LogP contribution in [0.25, 0.3) is 0 Å². The molecule has 0 aliphatic heterocycles. The van der Waals surface area contributed by atoms with E-state index in [4.69, 9.17) is 10.5 Å². The van der Waals surface area contributed by atoms with Gasteiger partial charge in [0, 0.05) is 0 Å². The molecule has 2 aromatic carbocycles. The first kappa shape index (κ1) is 14.8. The van der Waals surface area contributed by atoms with Crippen LogP contribution in [0.15, 0.2) is 36.4 Å². The Hall–Kier alpha value is -2.63. The van der Waals surface area contributed by atoms with Gasteiger partial charge in [0.2, 0.25) is 5.91 Å². The van der Waals surface area contributed by atoms with Gasteiger partial charge in [-0.3, -0.25) is 4.79 Å². The Morgan fingerprint density at radius 2 is 1.86 bits per heavy atom. The van der Waals surface area contributed by atoms with Crippen LogP contribution in [0.3, 0.4) is 0 Å². The van der Waals surface area contributed by atoms with Crippen LogP contribution in [0.4, 0.5) is 20.2 Å². The molecule has 0 saturated carbocycles. The Bertz CT molecular complexity index is 657. The Morgan fingerprint density at radius 1 is 1.19 bits per heavy atom. The number of carbonyl (C=O) groups is 1. The minimum Gasteiger partial charge on any atom is -0.497 e. The second-order valence-electron chi connectivity index (χ2n) is 4.40. The fourth-order valence-electron chi connectivity index (χ4n) is 1.81. The molecule has 0 bridgehead atoms. The summed E-state index contributed by atoms with van der Waals surface area (Å²) in [5.41, 5.74) is 5.87. The molecular weight excluding hydrogens is 278 g/mol. The van der Waals surface area contributed by atoms with Crippen LogP contribution in [0, 0.1) is 11.6 Å². The number of ether oxygens (including phenoxy) is 1. The van der Waals surface area contributed by atoms with Crippen molar-refractivity contribution in [1.82, 2.24) is 0 Å². The molecule has 2 rings (SSSR count). The van der Waals surface area contributed by atoms with Crippen LogP contribution < -0.4 is 15.8 Å². The molecule has 6 heteroatoms. The van der Waals surface area contributed by atoms with Gasteiger partial charge in [-0.2, -0.15) is 0 Å². The highest BCUT2D eigenvalue weighted by Gasteiger charge is 2.14. The number of benzene rings is 2. The minimum absolute atomic E-state index is 0.0133. The van der Waals surface area contributed by atoms with Crippen molar-refractivity contribution in [2.45, 2.75) is 6.42 Å². The average Bonchev–Trinajstić information content (AvgIpc) is 2.48. The lowest BCUT2D eigenvalue weighted by Gasteiger charge is -2.10. The quantitative estimate of drug-likeness (QED) is 0.852.